The highest BCUT2D eigenvalue weighted by Crippen LogP contribution is 2.39. The first kappa shape index (κ1) is 21.5. The zero-order chi connectivity index (χ0) is 21.7. The van der Waals surface area contributed by atoms with Crippen LogP contribution in [0.1, 0.15) is 39.7 Å². The number of aryl methyl sites for hydroxylation is 1. The highest BCUT2D eigenvalue weighted by molar-refractivity contribution is 7.17. The monoisotopic (exact) mass is 428 g/mol. The molecule has 1 aliphatic carbocycles. The summed E-state index contributed by atoms with van der Waals surface area (Å²) >= 11 is 1.32. The van der Waals surface area contributed by atoms with E-state index in [1.54, 1.807) is 6.92 Å². The zero-order valence-corrected chi connectivity index (χ0v) is 18.0. The molecule has 0 atom stereocenters. The first-order valence-electron chi connectivity index (χ1n) is 9.64. The van der Waals surface area contributed by atoms with Crippen molar-refractivity contribution in [3.05, 3.63) is 45.8 Å². The van der Waals surface area contributed by atoms with Gasteiger partial charge in [-0.1, -0.05) is 12.1 Å². The third-order valence-electron chi connectivity index (χ3n) is 4.62. The molecule has 0 unspecified atom stereocenters. The quantitative estimate of drug-likeness (QED) is 0.319. The third kappa shape index (κ3) is 4.85. The van der Waals surface area contributed by atoms with Gasteiger partial charge in [-0.05, 0) is 49.4 Å². The smallest absolute Gasteiger partial charge is 0.341 e. The van der Waals surface area contributed by atoms with Crippen LogP contribution in [0.5, 0.6) is 0 Å². The van der Waals surface area contributed by atoms with Gasteiger partial charge in [-0.3, -0.25) is 9.59 Å². The van der Waals surface area contributed by atoms with Gasteiger partial charge in [0.2, 0.25) is 0 Å². The maximum absolute atomic E-state index is 12.3. The molecule has 2 N–H and O–H groups in total. The number of carbonyl (C=O) groups excluding carboxylic acids is 3. The number of amides is 2. The van der Waals surface area contributed by atoms with E-state index in [4.69, 9.17) is 4.74 Å². The first-order chi connectivity index (χ1) is 14.4. The zero-order valence-electron chi connectivity index (χ0n) is 17.2. The van der Waals surface area contributed by atoms with Crippen LogP contribution < -0.4 is 15.6 Å². The van der Waals surface area contributed by atoms with Gasteiger partial charge < -0.3 is 15.0 Å². The Bertz CT molecular complexity index is 980. The van der Waals surface area contributed by atoms with Gasteiger partial charge in [-0.25, -0.2) is 10.2 Å². The van der Waals surface area contributed by atoms with Crippen molar-refractivity contribution in [3.63, 3.8) is 0 Å². The predicted octanol–water partition coefficient (Wildman–Crippen LogP) is 2.57. The summed E-state index contributed by atoms with van der Waals surface area (Å²) in [5, 5.41) is 6.71. The van der Waals surface area contributed by atoms with Crippen molar-refractivity contribution in [2.24, 2.45) is 5.10 Å². The Morgan fingerprint density at radius 1 is 1.17 bits per heavy atom. The topological polar surface area (TPSA) is 100 Å². The minimum atomic E-state index is -0.917. The molecule has 0 radical (unpaired) electrons. The van der Waals surface area contributed by atoms with E-state index in [9.17, 15) is 14.4 Å². The molecule has 0 saturated heterocycles. The fourth-order valence-electron chi connectivity index (χ4n) is 3.15. The minimum absolute atomic E-state index is 0.238. The average molecular weight is 429 g/mol. The van der Waals surface area contributed by atoms with E-state index in [1.165, 1.54) is 17.6 Å². The molecule has 2 amide bonds. The van der Waals surface area contributed by atoms with Crippen LogP contribution in [-0.2, 0) is 27.2 Å². The van der Waals surface area contributed by atoms with Crippen molar-refractivity contribution in [2.45, 2.75) is 26.2 Å². The van der Waals surface area contributed by atoms with Crippen LogP contribution in [-0.4, -0.2) is 44.7 Å². The van der Waals surface area contributed by atoms with E-state index in [-0.39, 0.29) is 6.61 Å². The lowest BCUT2D eigenvalue weighted by Gasteiger charge is -2.11. The fraction of sp³-hybridized carbons (Fsp3) is 0.333. The highest BCUT2D eigenvalue weighted by Gasteiger charge is 2.29. The van der Waals surface area contributed by atoms with Gasteiger partial charge in [0.1, 0.15) is 5.00 Å². The summed E-state index contributed by atoms with van der Waals surface area (Å²) in [5.74, 6) is -2.29. The van der Waals surface area contributed by atoms with Crippen LogP contribution in [0, 0.1) is 0 Å². The van der Waals surface area contributed by atoms with Crippen LogP contribution >= 0.6 is 11.3 Å². The van der Waals surface area contributed by atoms with Crippen molar-refractivity contribution in [2.75, 3.05) is 30.9 Å². The Balaban J connectivity index is 1.63. The molecule has 1 aromatic heterocycles. The number of hydrazone groups is 1. The predicted molar refractivity (Wildman–Crippen MR) is 117 cm³/mol. The van der Waals surface area contributed by atoms with Gasteiger partial charge in [-0.15, -0.1) is 11.3 Å². The van der Waals surface area contributed by atoms with Gasteiger partial charge in [-0.2, -0.15) is 5.10 Å². The maximum atomic E-state index is 12.3. The summed E-state index contributed by atoms with van der Waals surface area (Å²) in [7, 11) is 3.88. The first-order valence-corrected chi connectivity index (χ1v) is 10.5. The minimum Gasteiger partial charge on any atom is -0.462 e. The third-order valence-corrected chi connectivity index (χ3v) is 5.83. The van der Waals surface area contributed by atoms with Crippen LogP contribution in [0.15, 0.2) is 29.4 Å². The number of hydrogen-bond donors (Lipinski definition) is 2. The van der Waals surface area contributed by atoms with E-state index in [0.717, 1.165) is 41.0 Å². The molecule has 158 valence electrons. The van der Waals surface area contributed by atoms with Crippen molar-refractivity contribution >= 4 is 46.0 Å². The molecule has 0 saturated carbocycles. The summed E-state index contributed by atoms with van der Waals surface area (Å²) in [5.41, 5.74) is 5.30. The molecule has 30 heavy (non-hydrogen) atoms. The Morgan fingerprint density at radius 2 is 1.90 bits per heavy atom. The molecule has 1 aromatic carbocycles. The Kier molecular flexibility index (Phi) is 6.83. The number of esters is 1. The molecule has 1 heterocycles. The lowest BCUT2D eigenvalue weighted by atomic mass is 10.1. The van der Waals surface area contributed by atoms with Crippen LogP contribution in [0.4, 0.5) is 10.7 Å². The van der Waals surface area contributed by atoms with E-state index in [1.807, 2.05) is 43.3 Å². The molecule has 8 nitrogen and oxygen atoms in total. The summed E-state index contributed by atoms with van der Waals surface area (Å²) in [6.07, 6.45) is 4.03. The second-order valence-corrected chi connectivity index (χ2v) is 8.03. The highest BCUT2D eigenvalue weighted by atomic mass is 32.1. The van der Waals surface area contributed by atoms with Crippen molar-refractivity contribution < 1.29 is 19.1 Å². The number of fused-ring (bicyclic) bond motifs is 1. The molecule has 3 rings (SSSR count). The summed E-state index contributed by atoms with van der Waals surface area (Å²) in [6.45, 7) is 1.96. The molecule has 0 fully saturated rings. The largest absolute Gasteiger partial charge is 0.462 e. The Labute approximate surface area is 178 Å². The number of nitrogens with one attached hydrogen (secondary N) is 2. The number of carbonyl (C=O) groups is 3. The standard InChI is InChI=1S/C21H24N4O4S/c1-4-29-21(28)17-15-6-5-7-16(15)30-20(17)23-18(26)19(27)24-22-12-13-8-10-14(11-9-13)25(2)3/h8-12H,4-7H2,1-3H3,(H,23,26)(H,24,27). The lowest BCUT2D eigenvalue weighted by Crippen LogP contribution is -2.32. The number of ether oxygens (including phenoxy) is 1. The maximum Gasteiger partial charge on any atom is 0.341 e. The fourth-order valence-corrected chi connectivity index (χ4v) is 4.42. The van der Waals surface area contributed by atoms with Crippen LogP contribution in [0.25, 0.3) is 0 Å². The van der Waals surface area contributed by atoms with Gasteiger partial charge in [0, 0.05) is 24.7 Å². The van der Waals surface area contributed by atoms with Crippen LogP contribution in [0.2, 0.25) is 0 Å². The molecule has 0 aliphatic heterocycles. The summed E-state index contributed by atoms with van der Waals surface area (Å²) in [6, 6.07) is 7.54. The number of thiophene rings is 1. The molecular weight excluding hydrogens is 404 g/mol. The molecule has 2 aromatic rings. The van der Waals surface area contributed by atoms with Gasteiger partial charge in [0.05, 0.1) is 18.4 Å². The van der Waals surface area contributed by atoms with E-state index in [2.05, 4.69) is 15.8 Å². The number of nitrogens with zero attached hydrogens (tertiary/aromatic N) is 2. The Morgan fingerprint density at radius 3 is 2.57 bits per heavy atom. The molecule has 9 heteroatoms. The second-order valence-electron chi connectivity index (χ2n) is 6.92. The van der Waals surface area contributed by atoms with E-state index in [0.29, 0.717) is 10.6 Å². The van der Waals surface area contributed by atoms with Gasteiger partial charge >= 0.3 is 17.8 Å². The number of benzene rings is 1. The number of anilines is 2. The normalized spacial score (nSPS) is 12.5. The Hall–Kier alpha value is -3.20. The van der Waals surface area contributed by atoms with Crippen molar-refractivity contribution in [1.29, 1.82) is 0 Å². The molecule has 0 spiro atoms. The van der Waals surface area contributed by atoms with Crippen LogP contribution in [0.3, 0.4) is 0 Å². The molecule has 1 aliphatic rings. The van der Waals surface area contributed by atoms with Crippen molar-refractivity contribution in [1.82, 2.24) is 5.43 Å². The van der Waals surface area contributed by atoms with E-state index >= 15 is 0 Å². The van der Waals surface area contributed by atoms with Gasteiger partial charge in [0.25, 0.3) is 0 Å². The second kappa shape index (κ2) is 9.53. The summed E-state index contributed by atoms with van der Waals surface area (Å²) in [4.78, 5) is 39.8. The number of rotatable bonds is 6. The summed E-state index contributed by atoms with van der Waals surface area (Å²) < 4.78 is 5.12. The number of hydrogen-bond acceptors (Lipinski definition) is 7. The van der Waals surface area contributed by atoms with E-state index < -0.39 is 17.8 Å². The van der Waals surface area contributed by atoms with Crippen molar-refractivity contribution in [3.8, 4) is 0 Å². The molecular formula is C21H24N4O4S. The lowest BCUT2D eigenvalue weighted by molar-refractivity contribution is -0.136. The SMILES string of the molecule is CCOC(=O)c1c(NC(=O)C(=O)NN=Cc2ccc(N(C)C)cc2)sc2c1CCC2. The van der Waals surface area contributed by atoms with Gasteiger partial charge in [0.15, 0.2) is 0 Å². The molecule has 0 bridgehead atoms. The average Bonchev–Trinajstić information content (AvgIpc) is 3.29.